The lowest BCUT2D eigenvalue weighted by atomic mass is 10.1. The van der Waals surface area contributed by atoms with Crippen LogP contribution >= 0.6 is 0 Å². The Bertz CT molecular complexity index is 860. The molecule has 0 aliphatic carbocycles. The van der Waals surface area contributed by atoms with Crippen LogP contribution < -0.4 is 20.1 Å². The fourth-order valence-corrected chi connectivity index (χ4v) is 3.90. The van der Waals surface area contributed by atoms with E-state index in [4.69, 9.17) is 4.74 Å². The van der Waals surface area contributed by atoms with Crippen LogP contribution in [0.1, 0.15) is 5.56 Å². The second-order valence-corrected chi connectivity index (χ2v) is 7.91. The summed E-state index contributed by atoms with van der Waals surface area (Å²) in [4.78, 5) is 4.41. The maximum atomic E-state index is 12.2. The number of ether oxygens (including phenoxy) is 1. The van der Waals surface area contributed by atoms with Gasteiger partial charge in [-0.15, -0.1) is 0 Å². The average Bonchev–Trinajstić information content (AvgIpc) is 3.11. The van der Waals surface area contributed by atoms with Crippen LogP contribution in [0.5, 0.6) is 5.75 Å². The molecule has 144 valence electrons. The van der Waals surface area contributed by atoms with E-state index in [2.05, 4.69) is 26.4 Å². The third-order valence-corrected chi connectivity index (χ3v) is 5.67. The zero-order chi connectivity index (χ0) is 19.1. The number of fused-ring (bicyclic) bond motifs is 1. The Kier molecular flexibility index (Phi) is 6.31. The number of aliphatic imine (C=N–C) groups is 1. The molecular formula is C19H24N4O3S. The van der Waals surface area contributed by atoms with E-state index in [-0.39, 0.29) is 17.5 Å². The maximum Gasteiger partial charge on any atom is 0.240 e. The molecule has 1 unspecified atom stereocenters. The first-order chi connectivity index (χ1) is 13.1. The van der Waals surface area contributed by atoms with Crippen molar-refractivity contribution in [2.75, 3.05) is 26.7 Å². The van der Waals surface area contributed by atoms with Crippen molar-refractivity contribution < 1.29 is 13.2 Å². The summed E-state index contributed by atoms with van der Waals surface area (Å²) in [6, 6.07) is 16.3. The van der Waals surface area contributed by atoms with Crippen molar-refractivity contribution in [2.45, 2.75) is 17.4 Å². The third-order valence-electron chi connectivity index (χ3n) is 4.20. The predicted molar refractivity (Wildman–Crippen MR) is 106 cm³/mol. The van der Waals surface area contributed by atoms with Crippen LogP contribution in [0.4, 0.5) is 0 Å². The summed E-state index contributed by atoms with van der Waals surface area (Å²) < 4.78 is 32.8. The Morgan fingerprint density at radius 1 is 1.07 bits per heavy atom. The molecule has 1 aliphatic rings. The van der Waals surface area contributed by atoms with Gasteiger partial charge in [-0.05, 0) is 23.8 Å². The van der Waals surface area contributed by atoms with Crippen molar-refractivity contribution in [3.63, 3.8) is 0 Å². The van der Waals surface area contributed by atoms with E-state index in [1.165, 1.54) is 5.56 Å². The molecule has 0 radical (unpaired) electrons. The molecule has 3 rings (SSSR count). The second kappa shape index (κ2) is 8.88. The fourth-order valence-electron chi connectivity index (χ4n) is 2.85. The van der Waals surface area contributed by atoms with Crippen LogP contribution in [0, 0.1) is 0 Å². The van der Waals surface area contributed by atoms with Crippen LogP contribution in [-0.2, 0) is 16.4 Å². The fraction of sp³-hybridized carbons (Fsp3) is 0.316. The van der Waals surface area contributed by atoms with Crippen LogP contribution in [0.25, 0.3) is 0 Å². The van der Waals surface area contributed by atoms with E-state index >= 15 is 0 Å². The highest BCUT2D eigenvalue weighted by molar-refractivity contribution is 7.89. The minimum absolute atomic E-state index is 0.0533. The van der Waals surface area contributed by atoms with Gasteiger partial charge in [-0.25, -0.2) is 13.1 Å². The van der Waals surface area contributed by atoms with Gasteiger partial charge in [0.15, 0.2) is 5.96 Å². The van der Waals surface area contributed by atoms with Gasteiger partial charge in [-0.2, -0.15) is 0 Å². The van der Waals surface area contributed by atoms with Crippen LogP contribution in [0.2, 0.25) is 0 Å². The van der Waals surface area contributed by atoms with Gasteiger partial charge in [-0.3, -0.25) is 4.99 Å². The topological polar surface area (TPSA) is 91.8 Å². The second-order valence-electron chi connectivity index (χ2n) is 6.14. The summed E-state index contributed by atoms with van der Waals surface area (Å²) in [5, 5.41) is 6.31. The molecule has 1 aliphatic heterocycles. The number of hydrogen-bond acceptors (Lipinski definition) is 4. The largest absolute Gasteiger partial charge is 0.488 e. The zero-order valence-electron chi connectivity index (χ0n) is 15.2. The Labute approximate surface area is 159 Å². The van der Waals surface area contributed by atoms with E-state index in [0.717, 1.165) is 12.2 Å². The summed E-state index contributed by atoms with van der Waals surface area (Å²) in [6.45, 7) is 1.28. The van der Waals surface area contributed by atoms with Gasteiger partial charge in [0, 0.05) is 26.6 Å². The summed E-state index contributed by atoms with van der Waals surface area (Å²) in [5.74, 6) is 1.54. The Morgan fingerprint density at radius 2 is 1.81 bits per heavy atom. The summed E-state index contributed by atoms with van der Waals surface area (Å²) in [6.07, 6.45) is 0.911. The molecule has 0 fully saturated rings. The molecule has 2 aromatic rings. The first kappa shape index (κ1) is 19.2. The van der Waals surface area contributed by atoms with Gasteiger partial charge in [0.05, 0.1) is 11.4 Å². The van der Waals surface area contributed by atoms with Crippen molar-refractivity contribution in [3.8, 4) is 5.75 Å². The number of guanidine groups is 1. The van der Waals surface area contributed by atoms with Gasteiger partial charge in [0.1, 0.15) is 11.9 Å². The normalized spacial score (nSPS) is 16.5. The van der Waals surface area contributed by atoms with Gasteiger partial charge in [0.25, 0.3) is 0 Å². The molecule has 1 atom stereocenters. The number of para-hydroxylation sites is 1. The number of nitrogens with zero attached hydrogens (tertiary/aromatic N) is 1. The molecule has 7 nitrogen and oxygen atoms in total. The summed E-state index contributed by atoms with van der Waals surface area (Å²) in [7, 11) is -1.82. The van der Waals surface area contributed by atoms with Gasteiger partial charge < -0.3 is 15.4 Å². The molecule has 8 heteroatoms. The zero-order valence-corrected chi connectivity index (χ0v) is 16.0. The Hall–Kier alpha value is -2.58. The van der Waals surface area contributed by atoms with E-state index in [1.54, 1.807) is 37.4 Å². The molecule has 0 saturated carbocycles. The van der Waals surface area contributed by atoms with E-state index < -0.39 is 10.0 Å². The standard InChI is InChI=1S/C19H24N4O3S/c1-20-19(22-14-16-13-15-7-5-6-10-18(15)26-16)21-11-12-23-27(24,25)17-8-3-2-4-9-17/h2-10,16,23H,11-14H2,1H3,(H2,20,21,22). The molecular weight excluding hydrogens is 364 g/mol. The summed E-state index contributed by atoms with van der Waals surface area (Å²) >= 11 is 0. The molecule has 0 bridgehead atoms. The van der Waals surface area contributed by atoms with E-state index in [0.29, 0.717) is 19.0 Å². The average molecular weight is 388 g/mol. The van der Waals surface area contributed by atoms with Gasteiger partial charge in [0.2, 0.25) is 10.0 Å². The molecule has 0 aromatic heterocycles. The minimum atomic E-state index is -3.49. The van der Waals surface area contributed by atoms with E-state index in [9.17, 15) is 8.42 Å². The highest BCUT2D eigenvalue weighted by Gasteiger charge is 2.22. The van der Waals surface area contributed by atoms with Crippen molar-refractivity contribution in [1.82, 2.24) is 15.4 Å². The first-order valence-electron chi connectivity index (χ1n) is 8.82. The van der Waals surface area contributed by atoms with Crippen LogP contribution in [0.3, 0.4) is 0 Å². The smallest absolute Gasteiger partial charge is 0.240 e. The number of nitrogens with one attached hydrogen (secondary N) is 3. The lowest BCUT2D eigenvalue weighted by molar-refractivity contribution is 0.235. The molecule has 3 N–H and O–H groups in total. The molecule has 1 heterocycles. The van der Waals surface area contributed by atoms with Gasteiger partial charge >= 0.3 is 0 Å². The van der Waals surface area contributed by atoms with Crippen LogP contribution in [0.15, 0.2) is 64.5 Å². The predicted octanol–water partition coefficient (Wildman–Crippen LogP) is 1.13. The third kappa shape index (κ3) is 5.21. The number of rotatable bonds is 7. The number of sulfonamides is 1. The molecule has 0 saturated heterocycles. The Morgan fingerprint density at radius 3 is 2.56 bits per heavy atom. The van der Waals surface area contributed by atoms with Gasteiger partial charge in [-0.1, -0.05) is 36.4 Å². The number of benzene rings is 2. The lowest BCUT2D eigenvalue weighted by Gasteiger charge is -2.15. The Balaban J connectivity index is 1.39. The molecule has 0 amide bonds. The molecule has 2 aromatic carbocycles. The summed E-state index contributed by atoms with van der Waals surface area (Å²) in [5.41, 5.74) is 1.21. The molecule has 27 heavy (non-hydrogen) atoms. The minimum Gasteiger partial charge on any atom is -0.488 e. The SMILES string of the molecule is CN=C(NCCNS(=O)(=O)c1ccccc1)NCC1Cc2ccccc2O1. The number of hydrogen-bond donors (Lipinski definition) is 3. The lowest BCUT2D eigenvalue weighted by Crippen LogP contribution is -2.44. The van der Waals surface area contributed by atoms with Crippen molar-refractivity contribution in [1.29, 1.82) is 0 Å². The van der Waals surface area contributed by atoms with Crippen molar-refractivity contribution >= 4 is 16.0 Å². The van der Waals surface area contributed by atoms with Crippen molar-refractivity contribution in [3.05, 3.63) is 60.2 Å². The first-order valence-corrected chi connectivity index (χ1v) is 10.3. The molecule has 0 spiro atoms. The van der Waals surface area contributed by atoms with Crippen LogP contribution in [-0.4, -0.2) is 47.2 Å². The quantitative estimate of drug-likeness (QED) is 0.376. The maximum absolute atomic E-state index is 12.2. The highest BCUT2D eigenvalue weighted by atomic mass is 32.2. The van der Waals surface area contributed by atoms with E-state index in [1.807, 2.05) is 18.2 Å². The highest BCUT2D eigenvalue weighted by Crippen LogP contribution is 2.27. The monoisotopic (exact) mass is 388 g/mol. The van der Waals surface area contributed by atoms with Crippen molar-refractivity contribution in [2.24, 2.45) is 4.99 Å².